The van der Waals surface area contributed by atoms with Crippen LogP contribution in [0, 0.1) is 0 Å². The normalized spacial score (nSPS) is 14.8. The average Bonchev–Trinajstić information content (AvgIpc) is 2.45. The molecule has 0 bridgehead atoms. The van der Waals surface area contributed by atoms with Crippen molar-refractivity contribution < 1.29 is 10.2 Å². The molecule has 20 heavy (non-hydrogen) atoms. The molecular weight excluding hydrogens is 248 g/mol. The quantitative estimate of drug-likeness (QED) is 0.348. The van der Waals surface area contributed by atoms with Crippen LogP contribution >= 0.6 is 0 Å². The summed E-state index contributed by atoms with van der Waals surface area (Å²) in [5, 5.41) is 19.6. The van der Waals surface area contributed by atoms with E-state index < -0.39 is 0 Å². The Hall–Kier alpha value is -0.340. The maximum atomic E-state index is 9.81. The minimum atomic E-state index is -0.383. The fraction of sp³-hybridized carbons (Fsp3) is 0.889. The van der Waals surface area contributed by atoms with E-state index in [1.54, 1.807) is 12.2 Å². The maximum absolute atomic E-state index is 9.81. The molecule has 2 heteroatoms. The highest BCUT2D eigenvalue weighted by molar-refractivity contribution is 4.93. The third-order valence-corrected chi connectivity index (χ3v) is 3.76. The summed E-state index contributed by atoms with van der Waals surface area (Å²) in [6, 6.07) is 0. The Kier molecular flexibility index (Phi) is 14.8. The van der Waals surface area contributed by atoms with Crippen LogP contribution in [0.2, 0.25) is 0 Å². The molecule has 0 aliphatic rings. The van der Waals surface area contributed by atoms with E-state index in [9.17, 15) is 10.2 Å². The first kappa shape index (κ1) is 19.7. The average molecular weight is 284 g/mol. The van der Waals surface area contributed by atoms with Crippen molar-refractivity contribution >= 4 is 0 Å². The van der Waals surface area contributed by atoms with Gasteiger partial charge in [-0.1, -0.05) is 90.2 Å². The Balaban J connectivity index is 3.48. The molecule has 0 aromatic rings. The molecule has 0 aliphatic carbocycles. The highest BCUT2D eigenvalue weighted by Crippen LogP contribution is 2.10. The summed E-state index contributed by atoms with van der Waals surface area (Å²) in [5.41, 5.74) is 0. The smallest absolute Gasteiger partial charge is 0.0721 e. The van der Waals surface area contributed by atoms with Crippen LogP contribution in [0.1, 0.15) is 90.9 Å². The Labute approximate surface area is 126 Å². The molecule has 0 radical (unpaired) electrons. The van der Waals surface area contributed by atoms with Crippen LogP contribution in [0.15, 0.2) is 12.2 Å². The molecule has 0 saturated heterocycles. The molecule has 0 rings (SSSR count). The SMILES string of the molecule is CCCCCCCC[C@H](O)/C=C/[C@@H](O)CCCCCC. The molecule has 2 nitrogen and oxygen atoms in total. The molecule has 2 N–H and O–H groups in total. The van der Waals surface area contributed by atoms with Gasteiger partial charge in [0, 0.05) is 0 Å². The zero-order valence-electron chi connectivity index (χ0n) is 13.7. The van der Waals surface area contributed by atoms with Crippen molar-refractivity contribution in [2.45, 2.75) is 103 Å². The molecule has 0 spiro atoms. The summed E-state index contributed by atoms with van der Waals surface area (Å²) < 4.78 is 0. The number of hydrogen-bond donors (Lipinski definition) is 2. The van der Waals surface area contributed by atoms with Crippen LogP contribution in [0.3, 0.4) is 0 Å². The Bertz CT molecular complexity index is 213. The minimum Gasteiger partial charge on any atom is -0.389 e. The lowest BCUT2D eigenvalue weighted by Crippen LogP contribution is -2.06. The molecule has 0 saturated carbocycles. The summed E-state index contributed by atoms with van der Waals surface area (Å²) in [4.78, 5) is 0. The molecule has 2 atom stereocenters. The first-order valence-electron chi connectivity index (χ1n) is 8.75. The van der Waals surface area contributed by atoms with Gasteiger partial charge in [0.05, 0.1) is 12.2 Å². The van der Waals surface area contributed by atoms with Gasteiger partial charge in [-0.2, -0.15) is 0 Å². The van der Waals surface area contributed by atoms with Crippen molar-refractivity contribution in [2.24, 2.45) is 0 Å². The molecule has 0 heterocycles. The molecular formula is C18H36O2. The molecule has 0 aromatic heterocycles. The van der Waals surface area contributed by atoms with Crippen molar-refractivity contribution in [1.29, 1.82) is 0 Å². The summed E-state index contributed by atoms with van der Waals surface area (Å²) in [5.74, 6) is 0. The fourth-order valence-electron chi connectivity index (χ4n) is 2.36. The molecule has 0 fully saturated rings. The molecule has 0 aromatic carbocycles. The number of rotatable bonds is 14. The second kappa shape index (κ2) is 15.1. The van der Waals surface area contributed by atoms with E-state index in [4.69, 9.17) is 0 Å². The van der Waals surface area contributed by atoms with E-state index in [0.29, 0.717) is 0 Å². The highest BCUT2D eigenvalue weighted by Gasteiger charge is 2.02. The van der Waals surface area contributed by atoms with Gasteiger partial charge in [0.1, 0.15) is 0 Å². The third-order valence-electron chi connectivity index (χ3n) is 3.76. The van der Waals surface area contributed by atoms with Gasteiger partial charge in [0.25, 0.3) is 0 Å². The van der Waals surface area contributed by atoms with E-state index in [1.807, 2.05) is 0 Å². The number of aliphatic hydroxyl groups excluding tert-OH is 2. The number of aliphatic hydroxyl groups is 2. The second-order valence-corrected chi connectivity index (χ2v) is 5.93. The topological polar surface area (TPSA) is 40.5 Å². The van der Waals surface area contributed by atoms with Crippen LogP contribution < -0.4 is 0 Å². The van der Waals surface area contributed by atoms with Crippen molar-refractivity contribution in [2.75, 3.05) is 0 Å². The van der Waals surface area contributed by atoms with Crippen molar-refractivity contribution in [1.82, 2.24) is 0 Å². The Morgan fingerprint density at radius 3 is 1.40 bits per heavy atom. The van der Waals surface area contributed by atoms with Gasteiger partial charge in [-0.15, -0.1) is 0 Å². The Morgan fingerprint density at radius 1 is 0.600 bits per heavy atom. The van der Waals surface area contributed by atoms with Gasteiger partial charge in [-0.25, -0.2) is 0 Å². The fourth-order valence-corrected chi connectivity index (χ4v) is 2.36. The third kappa shape index (κ3) is 14.1. The van der Waals surface area contributed by atoms with Crippen LogP contribution in [0.25, 0.3) is 0 Å². The van der Waals surface area contributed by atoms with E-state index in [2.05, 4.69) is 13.8 Å². The van der Waals surface area contributed by atoms with Gasteiger partial charge in [0.15, 0.2) is 0 Å². The van der Waals surface area contributed by atoms with Crippen molar-refractivity contribution in [3.8, 4) is 0 Å². The molecule has 0 aliphatic heterocycles. The molecule has 0 unspecified atom stereocenters. The lowest BCUT2D eigenvalue weighted by atomic mass is 10.1. The van der Waals surface area contributed by atoms with Crippen LogP contribution in [-0.4, -0.2) is 22.4 Å². The number of unbranched alkanes of at least 4 members (excludes halogenated alkanes) is 8. The van der Waals surface area contributed by atoms with Gasteiger partial charge < -0.3 is 10.2 Å². The summed E-state index contributed by atoms with van der Waals surface area (Å²) in [7, 11) is 0. The van der Waals surface area contributed by atoms with E-state index >= 15 is 0 Å². The largest absolute Gasteiger partial charge is 0.389 e. The van der Waals surface area contributed by atoms with Gasteiger partial charge in [-0.3, -0.25) is 0 Å². The predicted molar refractivity (Wildman–Crippen MR) is 87.9 cm³/mol. The van der Waals surface area contributed by atoms with E-state index in [1.165, 1.54) is 51.4 Å². The lowest BCUT2D eigenvalue weighted by molar-refractivity contribution is 0.192. The number of hydrogen-bond acceptors (Lipinski definition) is 2. The monoisotopic (exact) mass is 284 g/mol. The highest BCUT2D eigenvalue weighted by atomic mass is 16.3. The lowest BCUT2D eigenvalue weighted by Gasteiger charge is -2.08. The van der Waals surface area contributed by atoms with E-state index in [0.717, 1.165) is 25.7 Å². The molecule has 120 valence electrons. The van der Waals surface area contributed by atoms with Crippen molar-refractivity contribution in [3.05, 3.63) is 12.2 Å². The maximum Gasteiger partial charge on any atom is 0.0721 e. The summed E-state index contributed by atoms with van der Waals surface area (Å²) >= 11 is 0. The molecule has 0 amide bonds. The first-order chi connectivity index (χ1) is 9.70. The standard InChI is InChI=1S/C18H36O2/c1-3-5-7-9-10-12-14-18(20)16-15-17(19)13-11-8-6-4-2/h15-20H,3-14H2,1-2H3/b16-15+/t17-,18-/m0/s1. The van der Waals surface area contributed by atoms with Crippen LogP contribution in [0.5, 0.6) is 0 Å². The van der Waals surface area contributed by atoms with Gasteiger partial charge in [-0.05, 0) is 12.8 Å². The van der Waals surface area contributed by atoms with Crippen LogP contribution in [-0.2, 0) is 0 Å². The van der Waals surface area contributed by atoms with Gasteiger partial charge in [0.2, 0.25) is 0 Å². The summed E-state index contributed by atoms with van der Waals surface area (Å²) in [6.07, 6.45) is 16.7. The van der Waals surface area contributed by atoms with E-state index in [-0.39, 0.29) is 12.2 Å². The van der Waals surface area contributed by atoms with Crippen LogP contribution in [0.4, 0.5) is 0 Å². The Morgan fingerprint density at radius 2 is 0.950 bits per heavy atom. The zero-order valence-corrected chi connectivity index (χ0v) is 13.7. The van der Waals surface area contributed by atoms with Gasteiger partial charge >= 0.3 is 0 Å². The van der Waals surface area contributed by atoms with Crippen molar-refractivity contribution in [3.63, 3.8) is 0 Å². The zero-order chi connectivity index (χ0) is 15.1. The second-order valence-electron chi connectivity index (χ2n) is 5.93. The minimum absolute atomic E-state index is 0.383. The summed E-state index contributed by atoms with van der Waals surface area (Å²) in [6.45, 7) is 4.41. The predicted octanol–water partition coefficient (Wildman–Crippen LogP) is 4.99. The first-order valence-corrected chi connectivity index (χ1v) is 8.75.